The fraction of sp³-hybridized carbons (Fsp3) is 0.312. The summed E-state index contributed by atoms with van der Waals surface area (Å²) < 4.78 is 3.32. The van der Waals surface area contributed by atoms with Crippen molar-refractivity contribution in [1.82, 2.24) is 14.7 Å². The Hall–Kier alpha value is -1.17. The van der Waals surface area contributed by atoms with E-state index in [1.54, 1.807) is 11.3 Å². The highest BCUT2D eigenvalue weighted by atomic mass is 79.9. The van der Waals surface area contributed by atoms with Gasteiger partial charge in [-0.15, -0.1) is 11.3 Å². The van der Waals surface area contributed by atoms with Crippen LogP contribution in [0.1, 0.15) is 34.8 Å². The second kappa shape index (κ2) is 5.91. The summed E-state index contributed by atoms with van der Waals surface area (Å²) in [6, 6.07) is 8.73. The van der Waals surface area contributed by atoms with Crippen LogP contribution in [-0.2, 0) is 6.54 Å². The van der Waals surface area contributed by atoms with Gasteiger partial charge in [-0.3, -0.25) is 4.40 Å². The third-order valence-corrected chi connectivity index (χ3v) is 5.06. The Morgan fingerprint density at radius 2 is 2.19 bits per heavy atom. The Bertz CT molecular complexity index is 775. The molecule has 2 heterocycles. The van der Waals surface area contributed by atoms with E-state index in [9.17, 15) is 0 Å². The first-order chi connectivity index (χ1) is 10.0. The standard InChI is InChI=1S/C16H18BrN3S/c1-10-9-20-15(12(3)19-16(20)21-10)8-18-11(2)13-5-4-6-14(17)7-13/h4-7,9,11,18H,8H2,1-3H3/t11-/m0/s1. The van der Waals surface area contributed by atoms with Crippen LogP contribution in [0.25, 0.3) is 4.96 Å². The van der Waals surface area contributed by atoms with Gasteiger partial charge in [0.15, 0.2) is 4.96 Å². The molecule has 0 amide bonds. The number of rotatable bonds is 4. The molecule has 1 N–H and O–H groups in total. The summed E-state index contributed by atoms with van der Waals surface area (Å²) in [7, 11) is 0. The molecule has 0 fully saturated rings. The van der Waals surface area contributed by atoms with E-state index < -0.39 is 0 Å². The number of benzene rings is 1. The SMILES string of the molecule is Cc1cn2c(CN[C@@H](C)c3cccc(Br)c3)c(C)nc2s1. The number of halogens is 1. The first-order valence-corrected chi connectivity index (χ1v) is 8.58. The molecule has 1 aromatic carbocycles. The molecule has 3 nitrogen and oxygen atoms in total. The fourth-order valence-corrected chi connectivity index (χ4v) is 3.77. The molecule has 0 radical (unpaired) electrons. The highest BCUT2D eigenvalue weighted by Crippen LogP contribution is 2.22. The molecule has 110 valence electrons. The third kappa shape index (κ3) is 3.05. The zero-order valence-electron chi connectivity index (χ0n) is 12.4. The second-order valence-corrected chi connectivity index (χ2v) is 7.42. The van der Waals surface area contributed by atoms with Crippen molar-refractivity contribution in [3.8, 4) is 0 Å². The van der Waals surface area contributed by atoms with Gasteiger partial charge in [-0.05, 0) is 38.5 Å². The average Bonchev–Trinajstić information content (AvgIpc) is 2.91. The topological polar surface area (TPSA) is 29.3 Å². The van der Waals surface area contributed by atoms with Crippen LogP contribution in [-0.4, -0.2) is 9.38 Å². The lowest BCUT2D eigenvalue weighted by atomic mass is 10.1. The molecule has 2 aromatic heterocycles. The number of nitrogens with zero attached hydrogens (tertiary/aromatic N) is 2. The van der Waals surface area contributed by atoms with Gasteiger partial charge in [-0.2, -0.15) is 0 Å². The maximum Gasteiger partial charge on any atom is 0.194 e. The lowest BCUT2D eigenvalue weighted by Crippen LogP contribution is -2.19. The number of aromatic nitrogens is 2. The Morgan fingerprint density at radius 3 is 2.95 bits per heavy atom. The molecule has 0 aliphatic heterocycles. The van der Waals surface area contributed by atoms with Crippen LogP contribution in [0.5, 0.6) is 0 Å². The molecular formula is C16H18BrN3S. The zero-order chi connectivity index (χ0) is 15.0. The van der Waals surface area contributed by atoms with Crippen LogP contribution < -0.4 is 5.32 Å². The molecule has 0 saturated carbocycles. The van der Waals surface area contributed by atoms with E-state index in [0.717, 1.165) is 21.7 Å². The molecule has 0 unspecified atom stereocenters. The summed E-state index contributed by atoms with van der Waals surface area (Å²) in [5, 5.41) is 3.59. The van der Waals surface area contributed by atoms with Gasteiger partial charge in [-0.1, -0.05) is 28.1 Å². The van der Waals surface area contributed by atoms with Gasteiger partial charge in [-0.25, -0.2) is 4.98 Å². The number of imidazole rings is 1. The highest BCUT2D eigenvalue weighted by molar-refractivity contribution is 9.10. The van der Waals surface area contributed by atoms with Gasteiger partial charge < -0.3 is 5.32 Å². The first kappa shape index (κ1) is 14.8. The summed E-state index contributed by atoms with van der Waals surface area (Å²) in [4.78, 5) is 7.00. The van der Waals surface area contributed by atoms with Crippen molar-refractivity contribution in [2.75, 3.05) is 0 Å². The van der Waals surface area contributed by atoms with Crippen molar-refractivity contribution in [2.24, 2.45) is 0 Å². The van der Waals surface area contributed by atoms with Crippen LogP contribution in [0.15, 0.2) is 34.9 Å². The Kier molecular flexibility index (Phi) is 4.15. The van der Waals surface area contributed by atoms with Crippen molar-refractivity contribution < 1.29 is 0 Å². The van der Waals surface area contributed by atoms with Crippen molar-refractivity contribution in [1.29, 1.82) is 0 Å². The second-order valence-electron chi connectivity index (χ2n) is 5.30. The summed E-state index contributed by atoms with van der Waals surface area (Å²) in [5.74, 6) is 0. The molecule has 0 saturated heterocycles. The molecule has 3 aromatic rings. The Morgan fingerprint density at radius 1 is 1.38 bits per heavy atom. The van der Waals surface area contributed by atoms with E-state index in [-0.39, 0.29) is 0 Å². The first-order valence-electron chi connectivity index (χ1n) is 6.97. The summed E-state index contributed by atoms with van der Waals surface area (Å²) in [5.41, 5.74) is 3.63. The lowest BCUT2D eigenvalue weighted by molar-refractivity contribution is 0.564. The van der Waals surface area contributed by atoms with Crippen LogP contribution in [0.3, 0.4) is 0 Å². The smallest absolute Gasteiger partial charge is 0.194 e. The van der Waals surface area contributed by atoms with Crippen molar-refractivity contribution >= 4 is 32.2 Å². The molecule has 3 rings (SSSR count). The Balaban J connectivity index is 1.78. The molecule has 0 spiro atoms. The largest absolute Gasteiger partial charge is 0.305 e. The summed E-state index contributed by atoms with van der Waals surface area (Å²) in [6.07, 6.45) is 2.17. The molecule has 0 aliphatic rings. The normalized spacial score (nSPS) is 13.0. The minimum atomic E-state index is 0.298. The number of thiazole rings is 1. The van der Waals surface area contributed by atoms with Gasteiger partial charge in [0, 0.05) is 28.1 Å². The number of fused-ring (bicyclic) bond motifs is 1. The number of nitrogens with one attached hydrogen (secondary N) is 1. The van der Waals surface area contributed by atoms with E-state index in [1.807, 2.05) is 0 Å². The molecule has 0 bridgehead atoms. The third-order valence-electron chi connectivity index (χ3n) is 3.67. The van der Waals surface area contributed by atoms with E-state index in [1.165, 1.54) is 16.1 Å². The van der Waals surface area contributed by atoms with Crippen LogP contribution in [0.4, 0.5) is 0 Å². The van der Waals surface area contributed by atoms with E-state index in [4.69, 9.17) is 0 Å². The molecular weight excluding hydrogens is 346 g/mol. The predicted octanol–water partition coefficient (Wildman–Crippen LogP) is 4.63. The number of hydrogen-bond donors (Lipinski definition) is 1. The quantitative estimate of drug-likeness (QED) is 0.732. The van der Waals surface area contributed by atoms with Crippen molar-refractivity contribution in [3.63, 3.8) is 0 Å². The van der Waals surface area contributed by atoms with E-state index >= 15 is 0 Å². The Labute approximate surface area is 137 Å². The van der Waals surface area contributed by atoms with Crippen molar-refractivity contribution in [2.45, 2.75) is 33.4 Å². The molecule has 5 heteroatoms. The van der Waals surface area contributed by atoms with Gasteiger partial charge in [0.2, 0.25) is 0 Å². The van der Waals surface area contributed by atoms with E-state index in [2.05, 4.69) is 81.9 Å². The van der Waals surface area contributed by atoms with Gasteiger partial charge in [0.05, 0.1) is 11.4 Å². The minimum Gasteiger partial charge on any atom is -0.305 e. The number of aryl methyl sites for hydroxylation is 2. The average molecular weight is 364 g/mol. The van der Waals surface area contributed by atoms with Gasteiger partial charge in [0.1, 0.15) is 0 Å². The highest BCUT2D eigenvalue weighted by Gasteiger charge is 2.12. The van der Waals surface area contributed by atoms with Crippen molar-refractivity contribution in [3.05, 3.63) is 56.8 Å². The van der Waals surface area contributed by atoms with Gasteiger partial charge in [0.25, 0.3) is 0 Å². The zero-order valence-corrected chi connectivity index (χ0v) is 14.8. The lowest BCUT2D eigenvalue weighted by Gasteiger charge is -2.14. The molecule has 1 atom stereocenters. The maximum atomic E-state index is 4.63. The van der Waals surface area contributed by atoms with Gasteiger partial charge >= 0.3 is 0 Å². The maximum absolute atomic E-state index is 4.63. The summed E-state index contributed by atoms with van der Waals surface area (Å²) >= 11 is 5.26. The predicted molar refractivity (Wildman–Crippen MR) is 91.9 cm³/mol. The summed E-state index contributed by atoms with van der Waals surface area (Å²) in [6.45, 7) is 7.21. The fourth-order valence-electron chi connectivity index (χ4n) is 2.47. The monoisotopic (exact) mass is 363 g/mol. The van der Waals surface area contributed by atoms with E-state index in [0.29, 0.717) is 6.04 Å². The minimum absolute atomic E-state index is 0.298. The number of hydrogen-bond acceptors (Lipinski definition) is 3. The molecule has 0 aliphatic carbocycles. The molecule has 21 heavy (non-hydrogen) atoms. The van der Waals surface area contributed by atoms with Crippen LogP contribution >= 0.6 is 27.3 Å². The van der Waals surface area contributed by atoms with Crippen LogP contribution in [0.2, 0.25) is 0 Å². The van der Waals surface area contributed by atoms with Crippen LogP contribution in [0, 0.1) is 13.8 Å².